The molecule has 0 radical (unpaired) electrons. The Morgan fingerprint density at radius 2 is 1.86 bits per heavy atom. The van der Waals surface area contributed by atoms with Crippen molar-refractivity contribution in [3.63, 3.8) is 0 Å². The van der Waals surface area contributed by atoms with E-state index in [1.807, 2.05) is 31.2 Å². The molecule has 1 aliphatic rings. The lowest BCUT2D eigenvalue weighted by molar-refractivity contribution is 0.0955. The van der Waals surface area contributed by atoms with Gasteiger partial charge in [-0.1, -0.05) is 23.8 Å². The lowest BCUT2D eigenvalue weighted by Gasteiger charge is -2.40. The molecule has 146 valence electrons. The lowest BCUT2D eigenvalue weighted by atomic mass is 9.88. The molecular formula is C23H27N3O2. The predicted molar refractivity (Wildman–Crippen MR) is 115 cm³/mol. The molecule has 0 atom stereocenters. The zero-order chi connectivity index (χ0) is 20.5. The van der Waals surface area contributed by atoms with Crippen molar-refractivity contribution in [2.24, 2.45) is 5.10 Å². The molecule has 0 saturated heterocycles. The number of amides is 1. The number of rotatable bonds is 4. The average molecular weight is 377 g/mol. The first-order valence-electron chi connectivity index (χ1n) is 9.28. The first-order chi connectivity index (χ1) is 13.2. The van der Waals surface area contributed by atoms with Gasteiger partial charge in [0, 0.05) is 35.5 Å². The van der Waals surface area contributed by atoms with Crippen LogP contribution in [0, 0.1) is 6.92 Å². The summed E-state index contributed by atoms with van der Waals surface area (Å²) in [5.41, 5.74) is 8.46. The first kappa shape index (κ1) is 19.7. The van der Waals surface area contributed by atoms with E-state index >= 15 is 0 Å². The number of carbonyl (C=O) groups is 1. The van der Waals surface area contributed by atoms with Crippen molar-refractivity contribution in [2.75, 3.05) is 19.1 Å². The van der Waals surface area contributed by atoms with E-state index in [4.69, 9.17) is 4.74 Å². The van der Waals surface area contributed by atoms with E-state index in [2.05, 4.69) is 49.3 Å². The number of anilines is 1. The van der Waals surface area contributed by atoms with Crippen LogP contribution < -0.4 is 15.1 Å². The van der Waals surface area contributed by atoms with Gasteiger partial charge in [0.05, 0.1) is 18.9 Å². The number of fused-ring (bicyclic) bond motifs is 1. The minimum atomic E-state index is -0.245. The summed E-state index contributed by atoms with van der Waals surface area (Å²) in [6, 6.07) is 11.4. The highest BCUT2D eigenvalue weighted by Crippen LogP contribution is 2.40. The van der Waals surface area contributed by atoms with Gasteiger partial charge in [0.15, 0.2) is 0 Å². The van der Waals surface area contributed by atoms with Crippen LogP contribution in [0.15, 0.2) is 47.6 Å². The third-order valence-corrected chi connectivity index (χ3v) is 5.25. The molecular weight excluding hydrogens is 350 g/mol. The number of nitrogens with zero attached hydrogens (tertiary/aromatic N) is 2. The Morgan fingerprint density at radius 3 is 2.50 bits per heavy atom. The summed E-state index contributed by atoms with van der Waals surface area (Å²) in [6.07, 6.45) is 3.88. The van der Waals surface area contributed by atoms with Gasteiger partial charge in [-0.3, -0.25) is 4.79 Å². The van der Waals surface area contributed by atoms with Crippen LogP contribution in [-0.4, -0.2) is 31.8 Å². The van der Waals surface area contributed by atoms with Crippen LogP contribution in [-0.2, 0) is 0 Å². The summed E-state index contributed by atoms with van der Waals surface area (Å²) >= 11 is 0. The summed E-state index contributed by atoms with van der Waals surface area (Å²) in [5.74, 6) is 0.468. The van der Waals surface area contributed by atoms with Gasteiger partial charge < -0.3 is 9.64 Å². The van der Waals surface area contributed by atoms with Crippen LogP contribution in [0.3, 0.4) is 0 Å². The van der Waals surface area contributed by atoms with Crippen LogP contribution in [0.25, 0.3) is 5.57 Å². The van der Waals surface area contributed by atoms with Crippen molar-refractivity contribution in [3.8, 4) is 5.75 Å². The van der Waals surface area contributed by atoms with Crippen molar-refractivity contribution in [1.29, 1.82) is 0 Å². The minimum absolute atomic E-state index is 0.0697. The molecule has 0 bridgehead atoms. The van der Waals surface area contributed by atoms with E-state index in [0.717, 1.165) is 22.4 Å². The molecule has 0 aliphatic carbocycles. The zero-order valence-corrected chi connectivity index (χ0v) is 17.3. The summed E-state index contributed by atoms with van der Waals surface area (Å²) in [7, 11) is 3.72. The highest BCUT2D eigenvalue weighted by Gasteiger charge is 2.29. The Hall–Kier alpha value is -3.08. The maximum Gasteiger partial charge on any atom is 0.271 e. The molecule has 0 saturated carbocycles. The maximum atomic E-state index is 12.2. The third-order valence-electron chi connectivity index (χ3n) is 5.25. The number of allylic oxidation sites excluding steroid dienone is 1. The molecule has 5 nitrogen and oxygen atoms in total. The average Bonchev–Trinajstić information content (AvgIpc) is 2.66. The Balaban J connectivity index is 1.86. The summed E-state index contributed by atoms with van der Waals surface area (Å²) in [4.78, 5) is 14.5. The van der Waals surface area contributed by atoms with Gasteiger partial charge in [-0.25, -0.2) is 5.43 Å². The number of methoxy groups -OCH3 is 1. The fourth-order valence-electron chi connectivity index (χ4n) is 3.40. The monoisotopic (exact) mass is 377 g/mol. The van der Waals surface area contributed by atoms with E-state index < -0.39 is 0 Å². The smallest absolute Gasteiger partial charge is 0.271 e. The van der Waals surface area contributed by atoms with Crippen molar-refractivity contribution >= 4 is 23.4 Å². The predicted octanol–water partition coefficient (Wildman–Crippen LogP) is 4.40. The number of hydrogen-bond donors (Lipinski definition) is 1. The SMILES string of the molecule is COc1cc2c(cc1/C=N\NC(=O)c1ccc(C)cc1)C(C)=CC(C)(C)N2C. The summed E-state index contributed by atoms with van der Waals surface area (Å²) in [6.45, 7) is 8.46. The van der Waals surface area contributed by atoms with Crippen molar-refractivity contribution in [2.45, 2.75) is 33.2 Å². The van der Waals surface area contributed by atoms with Gasteiger partial charge in [0.1, 0.15) is 5.75 Å². The van der Waals surface area contributed by atoms with Crippen LogP contribution in [0.5, 0.6) is 5.75 Å². The number of benzene rings is 2. The first-order valence-corrected chi connectivity index (χ1v) is 9.28. The second-order valence-corrected chi connectivity index (χ2v) is 7.72. The van der Waals surface area contributed by atoms with Gasteiger partial charge in [-0.2, -0.15) is 5.10 Å². The molecule has 28 heavy (non-hydrogen) atoms. The summed E-state index contributed by atoms with van der Waals surface area (Å²) < 4.78 is 5.57. The lowest BCUT2D eigenvalue weighted by Crippen LogP contribution is -2.42. The Morgan fingerprint density at radius 1 is 1.18 bits per heavy atom. The van der Waals surface area contributed by atoms with E-state index in [-0.39, 0.29) is 11.4 Å². The maximum absolute atomic E-state index is 12.2. The molecule has 3 rings (SSSR count). The van der Waals surface area contributed by atoms with Crippen molar-refractivity contribution in [1.82, 2.24) is 5.43 Å². The van der Waals surface area contributed by atoms with Crippen LogP contribution >= 0.6 is 0 Å². The van der Waals surface area contributed by atoms with Gasteiger partial charge in [-0.05, 0) is 51.5 Å². The van der Waals surface area contributed by atoms with E-state index in [0.29, 0.717) is 11.3 Å². The number of ether oxygens (including phenoxy) is 1. The fraction of sp³-hybridized carbons (Fsp3) is 0.304. The molecule has 2 aromatic rings. The molecule has 1 heterocycles. The highest BCUT2D eigenvalue weighted by atomic mass is 16.5. The molecule has 0 aromatic heterocycles. The Kier molecular flexibility index (Phi) is 5.27. The largest absolute Gasteiger partial charge is 0.496 e. The van der Waals surface area contributed by atoms with Crippen molar-refractivity contribution < 1.29 is 9.53 Å². The number of carbonyl (C=O) groups excluding carboxylic acids is 1. The second-order valence-electron chi connectivity index (χ2n) is 7.72. The van der Waals surface area contributed by atoms with Crippen LogP contribution in [0.1, 0.15) is 47.8 Å². The topological polar surface area (TPSA) is 53.9 Å². The molecule has 1 aliphatic heterocycles. The molecule has 0 unspecified atom stereocenters. The summed E-state index contributed by atoms with van der Waals surface area (Å²) in [5, 5.41) is 4.13. The van der Waals surface area contributed by atoms with Gasteiger partial charge in [0.25, 0.3) is 5.91 Å². The van der Waals surface area contributed by atoms with Crippen LogP contribution in [0.2, 0.25) is 0 Å². The molecule has 2 aromatic carbocycles. The third kappa shape index (κ3) is 3.79. The number of hydrazone groups is 1. The minimum Gasteiger partial charge on any atom is -0.496 e. The number of aryl methyl sites for hydroxylation is 1. The number of nitrogens with one attached hydrogen (secondary N) is 1. The molecule has 1 N–H and O–H groups in total. The molecule has 5 heteroatoms. The highest BCUT2D eigenvalue weighted by molar-refractivity contribution is 5.96. The standard InChI is InChI=1S/C23H27N3O2/c1-15-7-9-17(10-8-15)22(27)25-24-14-18-11-19-16(2)13-23(3,4)26(5)20(19)12-21(18)28-6/h7-14H,1-6H3,(H,25,27)/b24-14-. The van der Waals surface area contributed by atoms with Gasteiger partial charge in [-0.15, -0.1) is 0 Å². The zero-order valence-electron chi connectivity index (χ0n) is 17.3. The van der Waals surface area contributed by atoms with E-state index in [1.54, 1.807) is 25.5 Å². The van der Waals surface area contributed by atoms with E-state index in [1.165, 1.54) is 5.57 Å². The molecule has 1 amide bonds. The quantitative estimate of drug-likeness (QED) is 0.635. The number of likely N-dealkylation sites (N-methyl/N-ethyl adjacent to an activating group) is 1. The fourth-order valence-corrected chi connectivity index (χ4v) is 3.40. The Bertz CT molecular complexity index is 957. The van der Waals surface area contributed by atoms with Crippen LogP contribution in [0.4, 0.5) is 5.69 Å². The van der Waals surface area contributed by atoms with Gasteiger partial charge in [0.2, 0.25) is 0 Å². The van der Waals surface area contributed by atoms with Crippen molar-refractivity contribution in [3.05, 3.63) is 64.7 Å². The second kappa shape index (κ2) is 7.50. The molecule has 0 fully saturated rings. The number of hydrogen-bond acceptors (Lipinski definition) is 4. The van der Waals surface area contributed by atoms with Gasteiger partial charge >= 0.3 is 0 Å². The molecule has 0 spiro atoms. The Labute approximate surface area is 166 Å². The van der Waals surface area contributed by atoms with E-state index in [9.17, 15) is 4.79 Å². The normalized spacial score (nSPS) is 15.2.